The van der Waals surface area contributed by atoms with Crippen LogP contribution in [0.15, 0.2) is 60.0 Å². The number of carbonyl (C=O) groups excluding carboxylic acids is 2. The van der Waals surface area contributed by atoms with Gasteiger partial charge in [-0.2, -0.15) is 0 Å². The van der Waals surface area contributed by atoms with Crippen LogP contribution >= 0.6 is 11.3 Å². The van der Waals surface area contributed by atoms with Crippen molar-refractivity contribution in [3.05, 3.63) is 71.2 Å². The molecular weight excluding hydrogens is 428 g/mol. The van der Waals surface area contributed by atoms with Crippen LogP contribution in [0.4, 0.5) is 10.8 Å². The lowest BCUT2D eigenvalue weighted by Gasteiger charge is -2.21. The summed E-state index contributed by atoms with van der Waals surface area (Å²) >= 11 is 1.32. The Balaban J connectivity index is 1.70. The fraction of sp³-hybridized carbons (Fsp3) is 0.261. The number of rotatable bonds is 11. The number of thiazole rings is 1. The average Bonchev–Trinajstić information content (AvgIpc) is 3.28. The number of ether oxygens (including phenoxy) is 2. The van der Waals surface area contributed by atoms with E-state index in [4.69, 9.17) is 9.47 Å². The van der Waals surface area contributed by atoms with Gasteiger partial charge in [-0.05, 0) is 29.8 Å². The summed E-state index contributed by atoms with van der Waals surface area (Å²) in [5, 5.41) is 8.21. The van der Waals surface area contributed by atoms with Crippen molar-refractivity contribution >= 4 is 34.0 Å². The second kappa shape index (κ2) is 11.8. The maximum absolute atomic E-state index is 13.2. The van der Waals surface area contributed by atoms with E-state index in [0.29, 0.717) is 24.8 Å². The molecule has 0 unspecified atom stereocenters. The summed E-state index contributed by atoms with van der Waals surface area (Å²) in [6, 6.07) is 17.0. The van der Waals surface area contributed by atoms with Crippen molar-refractivity contribution < 1.29 is 19.1 Å². The largest absolute Gasteiger partial charge is 0.497 e. The Kier molecular flexibility index (Phi) is 8.59. The smallest absolute Gasteiger partial charge is 0.274 e. The molecule has 0 aliphatic rings. The van der Waals surface area contributed by atoms with Crippen molar-refractivity contribution in [1.82, 2.24) is 15.2 Å². The Morgan fingerprint density at radius 3 is 2.50 bits per heavy atom. The molecule has 0 aliphatic heterocycles. The van der Waals surface area contributed by atoms with Gasteiger partial charge in [-0.1, -0.05) is 30.3 Å². The zero-order valence-corrected chi connectivity index (χ0v) is 18.9. The van der Waals surface area contributed by atoms with Crippen LogP contribution < -0.4 is 15.4 Å². The molecular formula is C23H26N4O4S. The molecule has 1 heterocycles. The van der Waals surface area contributed by atoms with Gasteiger partial charge in [-0.25, -0.2) is 4.98 Å². The molecule has 3 rings (SSSR count). The molecule has 0 saturated heterocycles. The van der Waals surface area contributed by atoms with Crippen molar-refractivity contribution in [3.63, 3.8) is 0 Å². The van der Waals surface area contributed by atoms with E-state index in [-0.39, 0.29) is 24.1 Å². The molecule has 1 aromatic heterocycles. The van der Waals surface area contributed by atoms with Crippen LogP contribution in [-0.4, -0.2) is 55.6 Å². The third kappa shape index (κ3) is 6.79. The molecule has 0 fully saturated rings. The summed E-state index contributed by atoms with van der Waals surface area (Å²) in [5.74, 6) is 0.193. The molecule has 168 valence electrons. The number of anilines is 2. The molecule has 9 heteroatoms. The number of hydrogen-bond acceptors (Lipinski definition) is 7. The second-order valence-electron chi connectivity index (χ2n) is 6.88. The summed E-state index contributed by atoms with van der Waals surface area (Å²) in [6.45, 7) is 1.02. The Morgan fingerprint density at radius 2 is 1.81 bits per heavy atom. The van der Waals surface area contributed by atoms with Gasteiger partial charge in [0.05, 0.1) is 13.7 Å². The van der Waals surface area contributed by atoms with Crippen LogP contribution in [0.3, 0.4) is 0 Å². The number of benzene rings is 2. The molecule has 0 radical (unpaired) electrons. The molecule has 0 spiro atoms. The highest BCUT2D eigenvalue weighted by atomic mass is 32.1. The predicted molar refractivity (Wildman–Crippen MR) is 124 cm³/mol. The van der Waals surface area contributed by atoms with Crippen LogP contribution in [0.1, 0.15) is 16.1 Å². The highest BCUT2D eigenvalue weighted by Crippen LogP contribution is 2.23. The number of nitrogens with one attached hydrogen (secondary N) is 2. The number of amides is 2. The first-order valence-electron chi connectivity index (χ1n) is 10.0. The van der Waals surface area contributed by atoms with Crippen molar-refractivity contribution in [1.29, 1.82) is 0 Å². The SMILES string of the molecule is COCCNC(=O)CN(Cc1ccccc1)C(=O)c1csc(Nc2ccc(OC)cc2)n1. The van der Waals surface area contributed by atoms with Crippen molar-refractivity contribution in [2.24, 2.45) is 0 Å². The lowest BCUT2D eigenvalue weighted by molar-refractivity contribution is -0.122. The maximum Gasteiger partial charge on any atom is 0.274 e. The summed E-state index contributed by atoms with van der Waals surface area (Å²) in [5.41, 5.74) is 2.04. The van der Waals surface area contributed by atoms with E-state index in [0.717, 1.165) is 17.0 Å². The quantitative estimate of drug-likeness (QED) is 0.432. The number of carbonyl (C=O) groups is 2. The van der Waals surface area contributed by atoms with Crippen LogP contribution in [0.5, 0.6) is 5.75 Å². The van der Waals surface area contributed by atoms with E-state index in [1.54, 1.807) is 19.6 Å². The van der Waals surface area contributed by atoms with Crippen molar-refractivity contribution in [2.45, 2.75) is 6.54 Å². The summed E-state index contributed by atoms with van der Waals surface area (Å²) < 4.78 is 10.1. The summed E-state index contributed by atoms with van der Waals surface area (Å²) in [4.78, 5) is 31.5. The van der Waals surface area contributed by atoms with E-state index >= 15 is 0 Å². The van der Waals surface area contributed by atoms with Crippen LogP contribution in [0.25, 0.3) is 0 Å². The maximum atomic E-state index is 13.2. The molecule has 3 aromatic rings. The van der Waals surface area contributed by atoms with E-state index < -0.39 is 0 Å². The van der Waals surface area contributed by atoms with Crippen LogP contribution in [-0.2, 0) is 16.1 Å². The molecule has 0 saturated carbocycles. The van der Waals surface area contributed by atoms with Crippen molar-refractivity contribution in [2.75, 3.05) is 39.2 Å². The Labute approximate surface area is 191 Å². The Morgan fingerprint density at radius 1 is 1.06 bits per heavy atom. The van der Waals surface area contributed by atoms with Crippen LogP contribution in [0, 0.1) is 0 Å². The summed E-state index contributed by atoms with van der Waals surface area (Å²) in [7, 11) is 3.18. The van der Waals surface area contributed by atoms with Crippen molar-refractivity contribution in [3.8, 4) is 5.75 Å². The third-order valence-electron chi connectivity index (χ3n) is 4.53. The molecule has 8 nitrogen and oxygen atoms in total. The molecule has 0 atom stereocenters. The fourth-order valence-electron chi connectivity index (χ4n) is 2.91. The van der Waals surface area contributed by atoms with E-state index in [1.807, 2.05) is 54.6 Å². The van der Waals surface area contributed by atoms with Gasteiger partial charge in [-0.15, -0.1) is 11.3 Å². The lowest BCUT2D eigenvalue weighted by Crippen LogP contribution is -2.41. The van der Waals surface area contributed by atoms with Gasteiger partial charge >= 0.3 is 0 Å². The van der Waals surface area contributed by atoms with Gasteiger partial charge in [-0.3, -0.25) is 9.59 Å². The topological polar surface area (TPSA) is 92.8 Å². The predicted octanol–water partition coefficient (Wildman–Crippen LogP) is 3.30. The van der Waals surface area contributed by atoms with Gasteiger partial charge in [0.15, 0.2) is 5.13 Å². The standard InChI is InChI=1S/C23H26N4O4S/c1-30-13-12-24-21(28)15-27(14-17-6-4-3-5-7-17)22(29)20-16-32-23(26-20)25-18-8-10-19(31-2)11-9-18/h3-11,16H,12-15H2,1-2H3,(H,24,28)(H,25,26). The molecule has 0 aliphatic carbocycles. The molecule has 2 aromatic carbocycles. The number of aromatic nitrogens is 1. The average molecular weight is 455 g/mol. The van der Waals surface area contributed by atoms with E-state index in [1.165, 1.54) is 16.2 Å². The zero-order chi connectivity index (χ0) is 22.8. The minimum Gasteiger partial charge on any atom is -0.497 e. The first-order valence-corrected chi connectivity index (χ1v) is 10.9. The van der Waals surface area contributed by atoms with Gasteiger partial charge in [0.1, 0.15) is 18.0 Å². The molecule has 32 heavy (non-hydrogen) atoms. The fourth-order valence-corrected chi connectivity index (χ4v) is 3.62. The highest BCUT2D eigenvalue weighted by molar-refractivity contribution is 7.14. The summed E-state index contributed by atoms with van der Waals surface area (Å²) in [6.07, 6.45) is 0. The Hall–Kier alpha value is -3.43. The lowest BCUT2D eigenvalue weighted by atomic mass is 10.2. The number of methoxy groups -OCH3 is 2. The van der Waals surface area contributed by atoms with Gasteiger partial charge < -0.3 is 25.0 Å². The highest BCUT2D eigenvalue weighted by Gasteiger charge is 2.22. The molecule has 0 bridgehead atoms. The second-order valence-corrected chi connectivity index (χ2v) is 7.74. The minimum atomic E-state index is -0.310. The monoisotopic (exact) mass is 454 g/mol. The Bertz CT molecular complexity index is 1010. The number of nitrogens with zero attached hydrogens (tertiary/aromatic N) is 2. The zero-order valence-electron chi connectivity index (χ0n) is 18.0. The van der Waals surface area contributed by atoms with E-state index in [9.17, 15) is 9.59 Å². The minimum absolute atomic E-state index is 0.0732. The van der Waals surface area contributed by atoms with Crippen LogP contribution in [0.2, 0.25) is 0 Å². The first-order chi connectivity index (χ1) is 15.6. The number of hydrogen-bond donors (Lipinski definition) is 2. The first kappa shape index (κ1) is 23.2. The van der Waals surface area contributed by atoms with Gasteiger partial charge in [0.2, 0.25) is 5.91 Å². The van der Waals surface area contributed by atoms with Gasteiger partial charge in [0.25, 0.3) is 5.91 Å². The van der Waals surface area contributed by atoms with Gasteiger partial charge in [0, 0.05) is 31.3 Å². The third-order valence-corrected chi connectivity index (χ3v) is 5.29. The van der Waals surface area contributed by atoms with E-state index in [2.05, 4.69) is 15.6 Å². The normalized spacial score (nSPS) is 10.4. The molecule has 2 N–H and O–H groups in total. The molecule has 2 amide bonds.